The Morgan fingerprint density at radius 1 is 1.15 bits per heavy atom. The van der Waals surface area contributed by atoms with Gasteiger partial charge < -0.3 is 24.5 Å². The Morgan fingerprint density at radius 3 is 2.38 bits per heavy atom. The second-order valence-corrected chi connectivity index (χ2v) is 8.22. The molecule has 180 valence electrons. The molecule has 0 aliphatic rings. The maximum Gasteiger partial charge on any atom is 0.336 e. The summed E-state index contributed by atoms with van der Waals surface area (Å²) < 4.78 is 15.8. The third-order valence-electron chi connectivity index (χ3n) is 5.63. The lowest BCUT2D eigenvalue weighted by Crippen LogP contribution is -2.46. The minimum Gasteiger partial charge on any atom is -0.493 e. The van der Waals surface area contributed by atoms with Crippen molar-refractivity contribution in [3.63, 3.8) is 0 Å². The highest BCUT2D eigenvalue weighted by Crippen LogP contribution is 2.36. The summed E-state index contributed by atoms with van der Waals surface area (Å²) in [6.45, 7) is 5.23. The molecule has 0 fully saturated rings. The predicted octanol–water partition coefficient (Wildman–Crippen LogP) is 3.54. The second-order valence-electron chi connectivity index (χ2n) is 8.22. The van der Waals surface area contributed by atoms with Crippen LogP contribution in [0.4, 0.5) is 11.4 Å². The van der Waals surface area contributed by atoms with Gasteiger partial charge in [0, 0.05) is 23.2 Å². The molecule has 3 aromatic rings. The zero-order chi connectivity index (χ0) is 25.2. The maximum absolute atomic E-state index is 13.4. The van der Waals surface area contributed by atoms with Gasteiger partial charge in [0.05, 0.1) is 43.4 Å². The lowest BCUT2D eigenvalue weighted by Gasteiger charge is -2.28. The van der Waals surface area contributed by atoms with Crippen molar-refractivity contribution in [2.24, 2.45) is 11.7 Å². The van der Waals surface area contributed by atoms with E-state index in [-0.39, 0.29) is 35.2 Å². The van der Waals surface area contributed by atoms with Crippen LogP contribution in [0.2, 0.25) is 0 Å². The first-order valence-corrected chi connectivity index (χ1v) is 10.6. The van der Waals surface area contributed by atoms with E-state index in [1.165, 1.54) is 37.3 Å². The number of methoxy groups -OCH3 is 2. The van der Waals surface area contributed by atoms with Crippen LogP contribution >= 0.6 is 0 Å². The largest absolute Gasteiger partial charge is 0.493 e. The van der Waals surface area contributed by atoms with Crippen molar-refractivity contribution in [3.05, 3.63) is 68.1 Å². The van der Waals surface area contributed by atoms with Gasteiger partial charge in [-0.3, -0.25) is 14.9 Å². The van der Waals surface area contributed by atoms with Gasteiger partial charge in [0.15, 0.2) is 11.5 Å². The lowest BCUT2D eigenvalue weighted by molar-refractivity contribution is -0.385. The van der Waals surface area contributed by atoms with E-state index in [2.05, 4.69) is 0 Å². The third-order valence-corrected chi connectivity index (χ3v) is 5.63. The lowest BCUT2D eigenvalue weighted by atomic mass is 10.0. The first kappa shape index (κ1) is 24.7. The molecule has 0 aliphatic heterocycles. The normalized spacial score (nSPS) is 12.0. The van der Waals surface area contributed by atoms with Gasteiger partial charge in [-0.25, -0.2) is 4.79 Å². The molecule has 0 bridgehead atoms. The Kier molecular flexibility index (Phi) is 7.21. The fourth-order valence-corrected chi connectivity index (χ4v) is 3.62. The number of hydrogen-bond acceptors (Lipinski definition) is 8. The molecule has 1 amide bonds. The van der Waals surface area contributed by atoms with Crippen LogP contribution in [0.15, 0.2) is 45.6 Å². The zero-order valence-electron chi connectivity index (χ0n) is 19.7. The van der Waals surface area contributed by atoms with Crippen molar-refractivity contribution >= 4 is 28.3 Å². The number of nitrogens with two attached hydrogens (primary N) is 1. The van der Waals surface area contributed by atoms with Crippen molar-refractivity contribution < 1.29 is 23.6 Å². The van der Waals surface area contributed by atoms with Gasteiger partial charge in [0.2, 0.25) is 5.91 Å². The number of aryl methyl sites for hydroxylation is 1. The molecular weight excluding hydrogens is 442 g/mol. The van der Waals surface area contributed by atoms with E-state index in [0.717, 1.165) is 5.56 Å². The Bertz CT molecular complexity index is 1300. The Morgan fingerprint density at radius 2 is 1.79 bits per heavy atom. The molecule has 0 spiro atoms. The van der Waals surface area contributed by atoms with Crippen molar-refractivity contribution in [2.75, 3.05) is 19.1 Å². The number of anilines is 1. The Balaban J connectivity index is 2.19. The molecule has 1 atom stereocenters. The smallest absolute Gasteiger partial charge is 0.336 e. The summed E-state index contributed by atoms with van der Waals surface area (Å²) >= 11 is 0. The van der Waals surface area contributed by atoms with Gasteiger partial charge in [-0.2, -0.15) is 0 Å². The van der Waals surface area contributed by atoms with E-state index in [1.807, 2.05) is 13.8 Å². The van der Waals surface area contributed by atoms with Crippen LogP contribution in [0.1, 0.15) is 25.0 Å². The minimum absolute atomic E-state index is 0.169. The summed E-state index contributed by atoms with van der Waals surface area (Å²) in [4.78, 5) is 37.9. The molecule has 0 saturated carbocycles. The van der Waals surface area contributed by atoms with E-state index >= 15 is 0 Å². The average Bonchev–Trinajstić information content (AvgIpc) is 2.80. The third kappa shape index (κ3) is 4.86. The van der Waals surface area contributed by atoms with Crippen molar-refractivity contribution in [1.29, 1.82) is 0 Å². The first-order valence-electron chi connectivity index (χ1n) is 10.6. The summed E-state index contributed by atoms with van der Waals surface area (Å²) in [6.07, 6.45) is 0. The van der Waals surface area contributed by atoms with Crippen LogP contribution in [0, 0.1) is 23.0 Å². The highest BCUT2D eigenvalue weighted by molar-refractivity contribution is 5.99. The SMILES string of the molecule is COc1cc(CN(C(=O)C(N)C(C)C)c2ccc3c(C)cc(=O)oc3c2)c([N+](=O)[O-])cc1OC. The Labute approximate surface area is 196 Å². The van der Waals surface area contributed by atoms with Gasteiger partial charge in [0.25, 0.3) is 5.69 Å². The summed E-state index contributed by atoms with van der Waals surface area (Å²) in [6, 6.07) is 8.21. The molecule has 0 saturated heterocycles. The minimum atomic E-state index is -0.862. The van der Waals surface area contributed by atoms with E-state index < -0.39 is 22.5 Å². The number of fused-ring (bicyclic) bond motifs is 1. The molecule has 34 heavy (non-hydrogen) atoms. The number of rotatable bonds is 8. The van der Waals surface area contributed by atoms with Gasteiger partial charge >= 0.3 is 5.63 Å². The number of carbonyl (C=O) groups excluding carboxylic acids is 1. The van der Waals surface area contributed by atoms with Crippen LogP contribution in [0.3, 0.4) is 0 Å². The fourth-order valence-electron chi connectivity index (χ4n) is 3.62. The van der Waals surface area contributed by atoms with Gasteiger partial charge in [0.1, 0.15) is 5.58 Å². The van der Waals surface area contributed by atoms with E-state index in [4.69, 9.17) is 19.6 Å². The molecule has 0 radical (unpaired) electrons. The molecule has 3 rings (SSSR count). The number of carbonyl (C=O) groups is 1. The van der Waals surface area contributed by atoms with E-state index in [9.17, 15) is 19.7 Å². The second kappa shape index (κ2) is 9.92. The van der Waals surface area contributed by atoms with Crippen molar-refractivity contribution in [2.45, 2.75) is 33.4 Å². The summed E-state index contributed by atoms with van der Waals surface area (Å²) in [5.74, 6) is -0.147. The fraction of sp³-hybridized carbons (Fsp3) is 0.333. The topological polar surface area (TPSA) is 138 Å². The maximum atomic E-state index is 13.4. The molecule has 2 N–H and O–H groups in total. The van der Waals surface area contributed by atoms with Gasteiger partial charge in [-0.15, -0.1) is 0 Å². The summed E-state index contributed by atoms with van der Waals surface area (Å²) in [5.41, 5.74) is 7.03. The summed E-state index contributed by atoms with van der Waals surface area (Å²) in [7, 11) is 2.79. The van der Waals surface area contributed by atoms with E-state index in [0.29, 0.717) is 16.7 Å². The molecule has 1 aromatic heterocycles. The number of benzene rings is 2. The molecule has 1 heterocycles. The number of amides is 1. The zero-order valence-corrected chi connectivity index (χ0v) is 19.7. The first-order chi connectivity index (χ1) is 16.1. The van der Waals surface area contributed by atoms with Crippen LogP contribution in [-0.2, 0) is 11.3 Å². The van der Waals surface area contributed by atoms with Crippen LogP contribution in [0.25, 0.3) is 11.0 Å². The van der Waals surface area contributed by atoms with E-state index in [1.54, 1.807) is 25.1 Å². The number of ether oxygens (including phenoxy) is 2. The highest BCUT2D eigenvalue weighted by atomic mass is 16.6. The number of nitro benzene ring substituents is 1. The standard InChI is InChI=1S/C24H27N3O7/c1-13(2)23(25)24(29)26(16-6-7-17-14(3)8-22(28)34-19(17)10-16)12-15-9-20(32-4)21(33-5)11-18(15)27(30)31/h6-11,13,23H,12,25H2,1-5H3. The molecule has 0 aliphatic carbocycles. The van der Waals surface area contributed by atoms with Crippen LogP contribution in [-0.4, -0.2) is 31.1 Å². The summed E-state index contributed by atoms with van der Waals surface area (Å²) in [5, 5.41) is 12.5. The number of nitrogens with zero attached hydrogens (tertiary/aromatic N) is 2. The Hall–Kier alpha value is -3.92. The number of nitro groups is 1. The quantitative estimate of drug-likeness (QED) is 0.300. The monoisotopic (exact) mass is 469 g/mol. The molecule has 10 heteroatoms. The number of hydrogen-bond donors (Lipinski definition) is 1. The molecule has 1 unspecified atom stereocenters. The predicted molar refractivity (Wildman–Crippen MR) is 127 cm³/mol. The van der Waals surface area contributed by atoms with Gasteiger partial charge in [-0.1, -0.05) is 13.8 Å². The van der Waals surface area contributed by atoms with Crippen LogP contribution < -0.4 is 25.7 Å². The van der Waals surface area contributed by atoms with Crippen molar-refractivity contribution in [3.8, 4) is 11.5 Å². The van der Waals surface area contributed by atoms with Crippen LogP contribution in [0.5, 0.6) is 11.5 Å². The molecule has 2 aromatic carbocycles. The highest BCUT2D eigenvalue weighted by Gasteiger charge is 2.29. The van der Waals surface area contributed by atoms with Crippen molar-refractivity contribution in [1.82, 2.24) is 0 Å². The molecule has 10 nitrogen and oxygen atoms in total. The molecular formula is C24H27N3O7. The average molecular weight is 469 g/mol. The van der Waals surface area contributed by atoms with Gasteiger partial charge in [-0.05, 0) is 36.6 Å².